The maximum atomic E-state index is 12.6. The van der Waals surface area contributed by atoms with E-state index in [0.29, 0.717) is 26.1 Å². The van der Waals surface area contributed by atoms with E-state index in [1.165, 1.54) is 9.87 Å². The first-order chi connectivity index (χ1) is 12.0. The average Bonchev–Trinajstić information content (AvgIpc) is 3.42. The molecule has 1 aromatic carbocycles. The fourth-order valence-electron chi connectivity index (χ4n) is 3.71. The summed E-state index contributed by atoms with van der Waals surface area (Å²) >= 11 is 0. The van der Waals surface area contributed by atoms with Crippen molar-refractivity contribution in [1.82, 2.24) is 9.62 Å². The predicted octanol–water partition coefficient (Wildman–Crippen LogP) is 2.29. The Morgan fingerprint density at radius 3 is 2.64 bits per heavy atom. The van der Waals surface area contributed by atoms with E-state index in [2.05, 4.69) is 17.4 Å². The maximum absolute atomic E-state index is 12.6. The molecule has 1 aromatic rings. The second-order valence-electron chi connectivity index (χ2n) is 7.38. The van der Waals surface area contributed by atoms with Gasteiger partial charge in [-0.3, -0.25) is 4.79 Å². The summed E-state index contributed by atoms with van der Waals surface area (Å²) in [4.78, 5) is 12.6. The van der Waals surface area contributed by atoms with Gasteiger partial charge in [-0.25, -0.2) is 12.7 Å². The minimum absolute atomic E-state index is 0.00129. The zero-order chi connectivity index (χ0) is 17.9. The molecule has 1 heterocycles. The van der Waals surface area contributed by atoms with Crippen LogP contribution < -0.4 is 5.32 Å². The lowest BCUT2D eigenvalue weighted by molar-refractivity contribution is -0.126. The molecule has 5 nitrogen and oxygen atoms in total. The van der Waals surface area contributed by atoms with Gasteiger partial charge in [0.2, 0.25) is 15.9 Å². The van der Waals surface area contributed by atoms with E-state index in [9.17, 15) is 13.2 Å². The summed E-state index contributed by atoms with van der Waals surface area (Å²) in [5.74, 6) is -0.0658. The number of sulfonamides is 1. The van der Waals surface area contributed by atoms with Gasteiger partial charge in [0.05, 0.1) is 11.7 Å². The van der Waals surface area contributed by atoms with Crippen LogP contribution in [0.25, 0.3) is 0 Å². The number of benzene rings is 1. The van der Waals surface area contributed by atoms with Gasteiger partial charge in [-0.1, -0.05) is 37.3 Å². The van der Waals surface area contributed by atoms with E-state index in [1.54, 1.807) is 0 Å². The first-order valence-corrected chi connectivity index (χ1v) is 10.9. The molecule has 138 valence electrons. The molecule has 2 aliphatic rings. The van der Waals surface area contributed by atoms with Crippen molar-refractivity contribution < 1.29 is 13.2 Å². The molecule has 1 saturated heterocycles. The molecule has 1 aliphatic heterocycles. The van der Waals surface area contributed by atoms with E-state index in [1.807, 2.05) is 25.1 Å². The molecule has 6 heteroatoms. The van der Waals surface area contributed by atoms with Crippen LogP contribution >= 0.6 is 0 Å². The molecule has 0 unspecified atom stereocenters. The van der Waals surface area contributed by atoms with Crippen LogP contribution in [0.5, 0.6) is 0 Å². The number of amides is 1. The Balaban J connectivity index is 1.57. The highest BCUT2D eigenvalue weighted by Crippen LogP contribution is 2.47. The summed E-state index contributed by atoms with van der Waals surface area (Å²) in [6, 6.07) is 10.3. The minimum atomic E-state index is -3.22. The molecule has 0 spiro atoms. The molecule has 25 heavy (non-hydrogen) atoms. The number of nitrogens with one attached hydrogen (secondary N) is 1. The van der Waals surface area contributed by atoms with Gasteiger partial charge in [0.1, 0.15) is 0 Å². The highest BCUT2D eigenvalue weighted by Gasteiger charge is 2.44. The third-order valence-corrected chi connectivity index (χ3v) is 7.49. The lowest BCUT2D eigenvalue weighted by atomic mass is 9.94. The Morgan fingerprint density at radius 2 is 2.00 bits per heavy atom. The summed E-state index contributed by atoms with van der Waals surface area (Å²) in [7, 11) is -3.22. The van der Waals surface area contributed by atoms with E-state index >= 15 is 0 Å². The average molecular weight is 365 g/mol. The number of hydrogen-bond acceptors (Lipinski definition) is 3. The summed E-state index contributed by atoms with van der Waals surface area (Å²) in [6.45, 7) is 3.38. The van der Waals surface area contributed by atoms with Crippen LogP contribution in [-0.2, 0) is 20.2 Å². The van der Waals surface area contributed by atoms with Gasteiger partial charge in [-0.15, -0.1) is 0 Å². The summed E-state index contributed by atoms with van der Waals surface area (Å²) < 4.78 is 26.0. The molecule has 1 saturated carbocycles. The molecular formula is C19H28N2O3S. The predicted molar refractivity (Wildman–Crippen MR) is 98.7 cm³/mol. The Bertz CT molecular complexity index is 699. The SMILES string of the molecule is CCCS(=O)(=O)N1CCC[C@@H](C(=O)NCC2(c3ccccc3)CC2)C1. The van der Waals surface area contributed by atoms with Crippen LogP contribution in [0.4, 0.5) is 0 Å². The quantitative estimate of drug-likeness (QED) is 0.807. The molecule has 1 amide bonds. The standard InChI is InChI=1S/C19H28N2O3S/c1-2-13-25(23,24)21-12-6-7-16(14-21)18(22)20-15-19(10-11-19)17-8-4-3-5-9-17/h3-5,8-9,16H,2,6-7,10-15H2,1H3,(H,20,22)/t16-/m1/s1. The zero-order valence-electron chi connectivity index (χ0n) is 14.9. The summed E-state index contributed by atoms with van der Waals surface area (Å²) in [6.07, 6.45) is 4.32. The number of carbonyl (C=O) groups is 1. The topological polar surface area (TPSA) is 66.5 Å². The normalized spacial score (nSPS) is 23.2. The second kappa shape index (κ2) is 7.46. The second-order valence-corrected chi connectivity index (χ2v) is 9.47. The Morgan fingerprint density at radius 1 is 1.28 bits per heavy atom. The largest absolute Gasteiger partial charge is 0.355 e. The van der Waals surface area contributed by atoms with E-state index in [4.69, 9.17) is 0 Å². The van der Waals surface area contributed by atoms with E-state index in [-0.39, 0.29) is 23.0 Å². The van der Waals surface area contributed by atoms with Crippen LogP contribution in [0.1, 0.15) is 44.6 Å². The van der Waals surface area contributed by atoms with E-state index in [0.717, 1.165) is 25.7 Å². The van der Waals surface area contributed by atoms with Crippen molar-refractivity contribution in [3.8, 4) is 0 Å². The van der Waals surface area contributed by atoms with Gasteiger partial charge < -0.3 is 5.32 Å². The molecule has 0 bridgehead atoms. The monoisotopic (exact) mass is 364 g/mol. The van der Waals surface area contributed by atoms with Gasteiger partial charge in [0.25, 0.3) is 0 Å². The van der Waals surface area contributed by atoms with Crippen LogP contribution in [0.3, 0.4) is 0 Å². The number of nitrogens with zero attached hydrogens (tertiary/aromatic N) is 1. The molecular weight excluding hydrogens is 336 g/mol. The van der Waals surface area contributed by atoms with Crippen molar-refractivity contribution in [2.24, 2.45) is 5.92 Å². The molecule has 1 aliphatic carbocycles. The number of rotatable bonds is 7. The Kier molecular flexibility index (Phi) is 5.49. The summed E-state index contributed by atoms with van der Waals surface area (Å²) in [5.41, 5.74) is 1.37. The number of hydrogen-bond donors (Lipinski definition) is 1. The third kappa shape index (κ3) is 4.23. The molecule has 2 fully saturated rings. The maximum Gasteiger partial charge on any atom is 0.224 e. The van der Waals surface area contributed by atoms with Gasteiger partial charge in [-0.2, -0.15) is 0 Å². The highest BCUT2D eigenvalue weighted by atomic mass is 32.2. The van der Waals surface area contributed by atoms with Gasteiger partial charge in [0.15, 0.2) is 0 Å². The Hall–Kier alpha value is -1.40. The third-order valence-electron chi connectivity index (χ3n) is 5.45. The fourth-order valence-corrected chi connectivity index (χ4v) is 5.30. The van der Waals surface area contributed by atoms with Crippen LogP contribution in [-0.4, -0.2) is 44.0 Å². The number of piperidine rings is 1. The van der Waals surface area contributed by atoms with Crippen LogP contribution in [0.2, 0.25) is 0 Å². The molecule has 0 aromatic heterocycles. The van der Waals surface area contributed by atoms with Crippen molar-refractivity contribution in [2.45, 2.75) is 44.4 Å². The molecule has 1 atom stereocenters. The zero-order valence-corrected chi connectivity index (χ0v) is 15.7. The van der Waals surface area contributed by atoms with Gasteiger partial charge in [0, 0.05) is 25.0 Å². The van der Waals surface area contributed by atoms with Crippen molar-refractivity contribution in [3.63, 3.8) is 0 Å². The van der Waals surface area contributed by atoms with Crippen molar-refractivity contribution in [2.75, 3.05) is 25.4 Å². The van der Waals surface area contributed by atoms with Crippen molar-refractivity contribution >= 4 is 15.9 Å². The van der Waals surface area contributed by atoms with Crippen molar-refractivity contribution in [3.05, 3.63) is 35.9 Å². The fraction of sp³-hybridized carbons (Fsp3) is 0.632. The van der Waals surface area contributed by atoms with Crippen LogP contribution in [0, 0.1) is 5.92 Å². The smallest absolute Gasteiger partial charge is 0.224 e. The van der Waals surface area contributed by atoms with Gasteiger partial charge >= 0.3 is 0 Å². The molecule has 0 radical (unpaired) electrons. The lowest BCUT2D eigenvalue weighted by Crippen LogP contribution is -2.47. The first kappa shape index (κ1) is 18.4. The summed E-state index contributed by atoms with van der Waals surface area (Å²) in [5, 5.41) is 3.10. The molecule has 1 N–H and O–H groups in total. The molecule has 3 rings (SSSR count). The van der Waals surface area contributed by atoms with Crippen molar-refractivity contribution in [1.29, 1.82) is 0 Å². The number of carbonyl (C=O) groups excluding carboxylic acids is 1. The van der Waals surface area contributed by atoms with Gasteiger partial charge in [-0.05, 0) is 37.7 Å². The van der Waals surface area contributed by atoms with E-state index < -0.39 is 10.0 Å². The highest BCUT2D eigenvalue weighted by molar-refractivity contribution is 7.89. The first-order valence-electron chi connectivity index (χ1n) is 9.28. The Labute approximate surface area is 150 Å². The lowest BCUT2D eigenvalue weighted by Gasteiger charge is -2.31. The van der Waals surface area contributed by atoms with Crippen LogP contribution in [0.15, 0.2) is 30.3 Å². The minimum Gasteiger partial charge on any atom is -0.355 e.